The number of aromatic amines is 1. The van der Waals surface area contributed by atoms with Crippen molar-refractivity contribution in [2.45, 2.75) is 18.6 Å². The van der Waals surface area contributed by atoms with Gasteiger partial charge in [-0.3, -0.25) is 9.78 Å². The number of allylic oxidation sites excluding steroid dienone is 1. The number of H-pyrrole nitrogens is 1. The Kier molecular flexibility index (Phi) is 2.02. The number of rotatable bonds is 1. The van der Waals surface area contributed by atoms with Gasteiger partial charge in [0.2, 0.25) is 5.95 Å². The number of fused-ring (bicyclic) bond motifs is 1. The molecule has 2 aromatic rings. The molecule has 7 nitrogen and oxygen atoms in total. The van der Waals surface area contributed by atoms with E-state index in [0.717, 1.165) is 0 Å². The van der Waals surface area contributed by atoms with E-state index in [0.29, 0.717) is 17.6 Å². The van der Waals surface area contributed by atoms with Gasteiger partial charge < -0.3 is 15.4 Å². The fourth-order valence-corrected chi connectivity index (χ4v) is 2.09. The summed E-state index contributed by atoms with van der Waals surface area (Å²) >= 11 is 0. The summed E-state index contributed by atoms with van der Waals surface area (Å²) in [6.45, 7) is 0. The molecule has 0 saturated carbocycles. The lowest BCUT2D eigenvalue weighted by Gasteiger charge is -2.10. The molecule has 0 radical (unpaired) electrons. The highest BCUT2D eigenvalue weighted by atomic mass is 16.3. The van der Waals surface area contributed by atoms with Crippen LogP contribution in [0.3, 0.4) is 0 Å². The average Bonchev–Trinajstić information content (AvgIpc) is 2.83. The Morgan fingerprint density at radius 3 is 3.06 bits per heavy atom. The van der Waals surface area contributed by atoms with Crippen LogP contribution in [0.4, 0.5) is 5.95 Å². The molecule has 2 heterocycles. The minimum atomic E-state index is -0.474. The SMILES string of the molecule is Nc1nc2ncn(C3C=CC(O)C3)c2c(=O)[nH]1. The fraction of sp³-hybridized carbons (Fsp3) is 0.300. The number of aromatic nitrogens is 4. The van der Waals surface area contributed by atoms with E-state index >= 15 is 0 Å². The predicted octanol–water partition coefficient (Wildman–Crippen LogP) is -0.436. The topological polar surface area (TPSA) is 110 Å². The molecule has 0 aliphatic heterocycles. The number of imidazole rings is 1. The molecule has 2 unspecified atom stereocenters. The van der Waals surface area contributed by atoms with Crippen molar-refractivity contribution >= 4 is 17.1 Å². The maximum absolute atomic E-state index is 11.8. The number of anilines is 1. The lowest BCUT2D eigenvalue weighted by Crippen LogP contribution is -2.16. The van der Waals surface area contributed by atoms with Crippen molar-refractivity contribution in [3.8, 4) is 0 Å². The van der Waals surface area contributed by atoms with Crippen LogP contribution in [0.5, 0.6) is 0 Å². The van der Waals surface area contributed by atoms with Crippen LogP contribution in [0, 0.1) is 0 Å². The molecule has 0 amide bonds. The predicted molar refractivity (Wildman–Crippen MR) is 61.4 cm³/mol. The van der Waals surface area contributed by atoms with Crippen molar-refractivity contribution in [1.82, 2.24) is 19.5 Å². The van der Waals surface area contributed by atoms with Gasteiger partial charge in [0, 0.05) is 6.42 Å². The highest BCUT2D eigenvalue weighted by Crippen LogP contribution is 2.25. The molecule has 2 aromatic heterocycles. The number of aliphatic hydroxyl groups is 1. The van der Waals surface area contributed by atoms with Crippen LogP contribution >= 0.6 is 0 Å². The summed E-state index contributed by atoms with van der Waals surface area (Å²) in [7, 11) is 0. The van der Waals surface area contributed by atoms with E-state index in [-0.39, 0.29) is 17.5 Å². The van der Waals surface area contributed by atoms with Gasteiger partial charge in [-0.15, -0.1) is 0 Å². The van der Waals surface area contributed by atoms with Crippen molar-refractivity contribution in [3.63, 3.8) is 0 Å². The Hall–Kier alpha value is -2.15. The quantitative estimate of drug-likeness (QED) is 0.578. The van der Waals surface area contributed by atoms with Gasteiger partial charge in [-0.05, 0) is 0 Å². The number of hydrogen-bond acceptors (Lipinski definition) is 5. The molecular weight excluding hydrogens is 222 g/mol. The third kappa shape index (κ3) is 1.51. The molecule has 0 saturated heterocycles. The van der Waals surface area contributed by atoms with Crippen LogP contribution in [0.15, 0.2) is 23.3 Å². The zero-order valence-corrected chi connectivity index (χ0v) is 8.87. The molecule has 4 N–H and O–H groups in total. The molecule has 0 spiro atoms. The van der Waals surface area contributed by atoms with Crippen molar-refractivity contribution in [3.05, 3.63) is 28.8 Å². The number of nitrogen functional groups attached to an aromatic ring is 1. The van der Waals surface area contributed by atoms with Gasteiger partial charge in [-0.25, -0.2) is 4.98 Å². The van der Waals surface area contributed by atoms with E-state index in [9.17, 15) is 9.90 Å². The first-order chi connectivity index (χ1) is 8.15. The van der Waals surface area contributed by atoms with Gasteiger partial charge in [0.05, 0.1) is 18.5 Å². The second-order valence-corrected chi connectivity index (χ2v) is 4.03. The maximum atomic E-state index is 11.8. The summed E-state index contributed by atoms with van der Waals surface area (Å²) in [5.41, 5.74) is 5.82. The molecule has 0 fully saturated rings. The van der Waals surface area contributed by atoms with E-state index in [1.807, 2.05) is 6.08 Å². The fourth-order valence-electron chi connectivity index (χ4n) is 2.09. The number of aliphatic hydroxyl groups excluding tert-OH is 1. The number of hydrogen-bond donors (Lipinski definition) is 3. The zero-order chi connectivity index (χ0) is 12.0. The Morgan fingerprint density at radius 2 is 2.35 bits per heavy atom. The van der Waals surface area contributed by atoms with Gasteiger partial charge in [0.15, 0.2) is 11.2 Å². The first-order valence-electron chi connectivity index (χ1n) is 5.24. The number of nitrogens with two attached hydrogens (primary N) is 1. The molecule has 88 valence electrons. The summed E-state index contributed by atoms with van der Waals surface area (Å²) in [5.74, 6) is 0.0507. The third-order valence-corrected chi connectivity index (χ3v) is 2.85. The van der Waals surface area contributed by atoms with Crippen LogP contribution in [-0.2, 0) is 0 Å². The van der Waals surface area contributed by atoms with Crippen LogP contribution in [0.1, 0.15) is 12.5 Å². The first kappa shape index (κ1) is 10.0. The van der Waals surface area contributed by atoms with E-state index in [1.165, 1.54) is 0 Å². The monoisotopic (exact) mass is 233 g/mol. The Labute approximate surface area is 95.6 Å². The molecule has 1 aliphatic rings. The number of nitrogens with one attached hydrogen (secondary N) is 1. The van der Waals surface area contributed by atoms with Gasteiger partial charge >= 0.3 is 0 Å². The van der Waals surface area contributed by atoms with Crippen molar-refractivity contribution in [2.75, 3.05) is 5.73 Å². The van der Waals surface area contributed by atoms with Gasteiger partial charge in [0.25, 0.3) is 5.56 Å². The molecular formula is C10H11N5O2. The second-order valence-electron chi connectivity index (χ2n) is 4.03. The molecule has 0 aromatic carbocycles. The highest BCUT2D eigenvalue weighted by Gasteiger charge is 2.21. The van der Waals surface area contributed by atoms with Crippen LogP contribution in [-0.4, -0.2) is 30.7 Å². The lowest BCUT2D eigenvalue weighted by atomic mass is 10.2. The molecule has 7 heteroatoms. The smallest absolute Gasteiger partial charge is 0.278 e. The average molecular weight is 233 g/mol. The lowest BCUT2D eigenvalue weighted by molar-refractivity contribution is 0.211. The van der Waals surface area contributed by atoms with Crippen molar-refractivity contribution in [2.24, 2.45) is 0 Å². The summed E-state index contributed by atoms with van der Waals surface area (Å²) in [6, 6.07) is -0.0680. The number of nitrogens with zero attached hydrogens (tertiary/aromatic N) is 3. The largest absolute Gasteiger partial charge is 0.389 e. The minimum Gasteiger partial charge on any atom is -0.389 e. The van der Waals surface area contributed by atoms with Crippen molar-refractivity contribution in [1.29, 1.82) is 0 Å². The third-order valence-electron chi connectivity index (χ3n) is 2.85. The van der Waals surface area contributed by atoms with E-state index in [4.69, 9.17) is 5.73 Å². The minimum absolute atomic E-state index is 0.0507. The molecule has 17 heavy (non-hydrogen) atoms. The molecule has 3 rings (SSSR count). The highest BCUT2D eigenvalue weighted by molar-refractivity contribution is 5.70. The van der Waals surface area contributed by atoms with E-state index in [1.54, 1.807) is 17.0 Å². The van der Waals surface area contributed by atoms with Gasteiger partial charge in [-0.1, -0.05) is 12.2 Å². The Balaban J connectivity index is 2.19. The second kappa shape index (κ2) is 3.42. The maximum Gasteiger partial charge on any atom is 0.278 e. The zero-order valence-electron chi connectivity index (χ0n) is 8.87. The van der Waals surface area contributed by atoms with E-state index < -0.39 is 6.10 Å². The molecule has 2 atom stereocenters. The van der Waals surface area contributed by atoms with E-state index in [2.05, 4.69) is 15.0 Å². The molecule has 1 aliphatic carbocycles. The summed E-state index contributed by atoms with van der Waals surface area (Å²) in [5, 5.41) is 9.44. The summed E-state index contributed by atoms with van der Waals surface area (Å²) in [6.07, 6.45) is 5.16. The van der Waals surface area contributed by atoms with Crippen LogP contribution in [0.25, 0.3) is 11.2 Å². The van der Waals surface area contributed by atoms with Gasteiger partial charge in [0.1, 0.15) is 0 Å². The van der Waals surface area contributed by atoms with Gasteiger partial charge in [-0.2, -0.15) is 4.98 Å². The van der Waals surface area contributed by atoms with Crippen molar-refractivity contribution < 1.29 is 5.11 Å². The summed E-state index contributed by atoms with van der Waals surface area (Å²) < 4.78 is 1.70. The first-order valence-corrected chi connectivity index (χ1v) is 5.24. The Morgan fingerprint density at radius 1 is 1.53 bits per heavy atom. The standard InChI is InChI=1S/C10H11N5O2/c11-10-13-8-7(9(17)14-10)15(4-12-8)5-1-2-6(16)3-5/h1-2,4-6,16H,3H2,(H3,11,13,14,17). The summed E-state index contributed by atoms with van der Waals surface area (Å²) in [4.78, 5) is 22.2. The Bertz CT molecular complexity index is 656. The molecule has 0 bridgehead atoms. The normalized spacial score (nSPS) is 23.6. The van der Waals surface area contributed by atoms with Crippen LogP contribution in [0.2, 0.25) is 0 Å². The van der Waals surface area contributed by atoms with Crippen LogP contribution < -0.4 is 11.3 Å².